The van der Waals surface area contributed by atoms with Crippen molar-refractivity contribution in [1.29, 1.82) is 0 Å². The Labute approximate surface area is 665 Å². The average Bonchev–Trinajstić information content (AvgIpc) is 0.763. The minimum Gasteiger partial charge on any atom is -0.355 e. The zero-order chi connectivity index (χ0) is 74.7. The van der Waals surface area contributed by atoms with E-state index in [2.05, 4.69) is 487 Å². The van der Waals surface area contributed by atoms with Crippen molar-refractivity contribution in [3.8, 4) is 22.3 Å². The lowest BCUT2D eigenvalue weighted by molar-refractivity contribution is 1.26. The van der Waals surface area contributed by atoms with E-state index < -0.39 is 0 Å². The molecule has 0 atom stereocenters. The van der Waals surface area contributed by atoms with Crippen LogP contribution in [0.15, 0.2) is 458 Å². The molecule has 111 heavy (non-hydrogen) atoms. The van der Waals surface area contributed by atoms with E-state index in [9.17, 15) is 0 Å². The molecule has 19 rings (SSSR count). The van der Waals surface area contributed by atoms with Gasteiger partial charge in [-0.1, -0.05) is 329 Å². The molecular weight excluding hydrogens is 1480 g/mol. The van der Waals surface area contributed by atoms with Gasteiger partial charge in [0, 0.05) is 92.8 Å². The molecule has 0 unspecified atom stereocenters. The maximum atomic E-state index is 3.59. The summed E-state index contributed by atoms with van der Waals surface area (Å²) in [5.74, 6) is 0. The molecule has 0 amide bonds. The van der Waals surface area contributed by atoms with Crippen molar-refractivity contribution < 1.29 is 0 Å². The fourth-order valence-electron chi connectivity index (χ4n) is 15.0. The first-order valence-corrected chi connectivity index (χ1v) is 38.9. The van der Waals surface area contributed by atoms with Crippen molar-refractivity contribution in [3.05, 3.63) is 458 Å². The van der Waals surface area contributed by atoms with E-state index in [1.807, 2.05) is 18.2 Å². The van der Waals surface area contributed by atoms with Crippen molar-refractivity contribution >= 4 is 165 Å². The number of benzene rings is 19. The smallest absolute Gasteiger partial charge is 0.0540 e. The van der Waals surface area contributed by atoms with E-state index >= 15 is 0 Å². The third kappa shape index (κ3) is 15.5. The van der Waals surface area contributed by atoms with Crippen LogP contribution in [0.1, 0.15) is 0 Å². The highest BCUT2D eigenvalue weighted by molar-refractivity contribution is 9.11. The SMILES string of the molecule is Brc1cc(Br)cc(-c2ccc(N(c3ccccc3)c3cccc4ccccc34)cc2)c1.c1ccc(N(c2ccc(-c3cc(N(c4ccccc4)c4cccc5ccccc45)cc(N(c4ccccc4)c4cccc5ccccc45)c3)cc2)c2cccc3ccccc23)cc1.c1ccc(Nc2cccc3ccccc23)cc1. The van der Waals surface area contributed by atoms with Crippen LogP contribution in [0.25, 0.3) is 76.1 Å². The number of rotatable bonds is 16. The fraction of sp³-hybridized carbons (Fsp3) is 0. The van der Waals surface area contributed by atoms with Gasteiger partial charge < -0.3 is 24.9 Å². The lowest BCUT2D eigenvalue weighted by Crippen LogP contribution is -2.14. The van der Waals surface area contributed by atoms with Gasteiger partial charge >= 0.3 is 0 Å². The largest absolute Gasteiger partial charge is 0.355 e. The van der Waals surface area contributed by atoms with Crippen LogP contribution in [0.2, 0.25) is 0 Å². The van der Waals surface area contributed by atoms with Gasteiger partial charge in [0.1, 0.15) is 0 Å². The van der Waals surface area contributed by atoms with E-state index in [0.717, 1.165) is 94.0 Å². The van der Waals surface area contributed by atoms with Gasteiger partial charge in [-0.3, -0.25) is 0 Å². The average molecular weight is 1550 g/mol. The Hall–Kier alpha value is -13.6. The molecule has 0 aliphatic carbocycles. The van der Waals surface area contributed by atoms with Gasteiger partial charge in [0.25, 0.3) is 0 Å². The summed E-state index contributed by atoms with van der Waals surface area (Å²) in [4.78, 5) is 9.51. The van der Waals surface area contributed by atoms with Crippen LogP contribution in [0, 0.1) is 0 Å². The van der Waals surface area contributed by atoms with Gasteiger partial charge in [0.05, 0.1) is 22.7 Å². The van der Waals surface area contributed by atoms with Crippen molar-refractivity contribution in [2.24, 2.45) is 0 Å². The van der Waals surface area contributed by atoms with Crippen molar-refractivity contribution in [2.45, 2.75) is 0 Å². The fourth-order valence-corrected chi connectivity index (χ4v) is 16.3. The second-order valence-corrected chi connectivity index (χ2v) is 29.0. The lowest BCUT2D eigenvalue weighted by atomic mass is 10.00. The summed E-state index contributed by atoms with van der Waals surface area (Å²) in [6, 6.07) is 160. The summed E-state index contributed by atoms with van der Waals surface area (Å²) in [6.07, 6.45) is 0. The molecule has 19 aromatic carbocycles. The zero-order valence-corrected chi connectivity index (χ0v) is 63.9. The Balaban J connectivity index is 0.000000152. The molecular formula is C104H75Br2N5. The summed E-state index contributed by atoms with van der Waals surface area (Å²) in [5, 5.41) is 15.6. The normalized spacial score (nSPS) is 11.0. The molecule has 0 heterocycles. The number of hydrogen-bond acceptors (Lipinski definition) is 5. The summed E-state index contributed by atoms with van der Waals surface area (Å²) < 4.78 is 2.12. The molecule has 0 aromatic heterocycles. The minimum absolute atomic E-state index is 1.05. The molecule has 0 radical (unpaired) electrons. The first kappa shape index (κ1) is 70.4. The summed E-state index contributed by atoms with van der Waals surface area (Å²) in [6.45, 7) is 0. The van der Waals surface area contributed by atoms with E-state index in [1.165, 1.54) is 70.7 Å². The van der Waals surface area contributed by atoms with Gasteiger partial charge in [-0.2, -0.15) is 0 Å². The Morgan fingerprint density at radius 2 is 0.423 bits per heavy atom. The Morgan fingerprint density at radius 3 is 0.766 bits per heavy atom. The molecule has 0 spiro atoms. The minimum atomic E-state index is 1.05. The first-order chi connectivity index (χ1) is 54.9. The number of fused-ring (bicyclic) bond motifs is 5. The summed E-state index contributed by atoms with van der Waals surface area (Å²) in [7, 11) is 0. The second kappa shape index (κ2) is 32.9. The number of nitrogens with one attached hydrogen (secondary N) is 1. The number of halogens is 2. The molecule has 0 bridgehead atoms. The summed E-state index contributed by atoms with van der Waals surface area (Å²) >= 11 is 7.19. The van der Waals surface area contributed by atoms with E-state index in [1.54, 1.807) is 0 Å². The highest BCUT2D eigenvalue weighted by Crippen LogP contribution is 2.48. The standard InChI is InChI=1S/C60H43N3.C28H19Br2N.C16H13N/c1-4-25-49(26-5-1)61(58-34-16-22-45-19-10-13-31-55(45)58)52-39-37-44(38-40-52)48-41-53(62(50-27-6-2-7-28-50)59-35-17-23-46-20-11-14-32-56(46)59)43-54(42-48)63(51-29-8-3-9-30-51)60-36-18-24-47-21-12-15-33-57(47)60;29-23-17-22(18-24(30)19-23)20-13-15-26(16-14-20)31(25-9-2-1-3-10-25)28-12-6-8-21-7-4-5-11-27(21)28;1-2-9-14(10-3-1)17-16-12-6-8-13-7-4-5-11-15(13)16/h1-43H;1-19H;1-12,17H. The van der Waals surface area contributed by atoms with Crippen molar-refractivity contribution in [2.75, 3.05) is 24.9 Å². The predicted molar refractivity (Wildman–Crippen MR) is 482 cm³/mol. The van der Waals surface area contributed by atoms with Crippen LogP contribution < -0.4 is 24.9 Å². The second-order valence-electron chi connectivity index (χ2n) is 27.2. The van der Waals surface area contributed by atoms with Crippen LogP contribution >= 0.6 is 31.9 Å². The molecule has 530 valence electrons. The summed E-state index contributed by atoms with van der Waals surface area (Å²) in [5.41, 5.74) is 20.1. The van der Waals surface area contributed by atoms with Crippen LogP contribution in [0.3, 0.4) is 0 Å². The third-order valence-corrected chi connectivity index (χ3v) is 21.0. The van der Waals surface area contributed by atoms with E-state index in [0.29, 0.717) is 0 Å². The Kier molecular flexibility index (Phi) is 20.9. The predicted octanol–water partition coefficient (Wildman–Crippen LogP) is 31.3. The van der Waals surface area contributed by atoms with Crippen LogP contribution in [-0.4, -0.2) is 0 Å². The zero-order valence-electron chi connectivity index (χ0n) is 60.8. The molecule has 7 heteroatoms. The van der Waals surface area contributed by atoms with Gasteiger partial charge in [0.2, 0.25) is 0 Å². The number of anilines is 14. The van der Waals surface area contributed by atoms with Crippen molar-refractivity contribution in [1.82, 2.24) is 0 Å². The third-order valence-electron chi connectivity index (χ3n) is 20.1. The monoisotopic (exact) mass is 1550 g/mol. The maximum Gasteiger partial charge on any atom is 0.0540 e. The number of hydrogen-bond donors (Lipinski definition) is 1. The quantitative estimate of drug-likeness (QED) is 0.104. The number of para-hydroxylation sites is 5. The van der Waals surface area contributed by atoms with E-state index in [4.69, 9.17) is 0 Å². The number of nitrogens with zero attached hydrogens (tertiary/aromatic N) is 4. The molecule has 5 nitrogen and oxygen atoms in total. The van der Waals surface area contributed by atoms with Gasteiger partial charge in [-0.25, -0.2) is 0 Å². The Morgan fingerprint density at radius 1 is 0.171 bits per heavy atom. The molecule has 0 saturated heterocycles. The van der Waals surface area contributed by atoms with Gasteiger partial charge in [-0.05, 0) is 201 Å². The first-order valence-electron chi connectivity index (χ1n) is 37.3. The molecule has 1 N–H and O–H groups in total. The molecule has 0 aliphatic rings. The lowest BCUT2D eigenvalue weighted by Gasteiger charge is -2.31. The topological polar surface area (TPSA) is 25.0 Å². The maximum absolute atomic E-state index is 3.59. The van der Waals surface area contributed by atoms with Gasteiger partial charge in [-0.15, -0.1) is 0 Å². The van der Waals surface area contributed by atoms with E-state index in [-0.39, 0.29) is 0 Å². The Bertz CT molecular complexity index is 6220. The highest BCUT2D eigenvalue weighted by atomic mass is 79.9. The van der Waals surface area contributed by atoms with Crippen molar-refractivity contribution in [3.63, 3.8) is 0 Å². The highest BCUT2D eigenvalue weighted by Gasteiger charge is 2.24. The van der Waals surface area contributed by atoms with Crippen LogP contribution in [0.5, 0.6) is 0 Å². The molecule has 0 fully saturated rings. The molecule has 0 saturated carbocycles. The van der Waals surface area contributed by atoms with Gasteiger partial charge in [0.15, 0.2) is 0 Å². The molecule has 0 aliphatic heterocycles. The van der Waals surface area contributed by atoms with Crippen LogP contribution in [-0.2, 0) is 0 Å². The molecule has 19 aromatic rings. The van der Waals surface area contributed by atoms with Crippen LogP contribution in [0.4, 0.5) is 79.6 Å².